The van der Waals surface area contributed by atoms with Crippen LogP contribution in [0.15, 0.2) is 54.7 Å². The van der Waals surface area contributed by atoms with Gasteiger partial charge in [-0.05, 0) is 65.4 Å². The molecule has 0 aliphatic rings. The summed E-state index contributed by atoms with van der Waals surface area (Å²) >= 11 is 2.20. The molecule has 150 valence electrons. The van der Waals surface area contributed by atoms with Gasteiger partial charge in [-0.1, -0.05) is 30.9 Å². The zero-order valence-corrected chi connectivity index (χ0v) is 18.8. The van der Waals surface area contributed by atoms with Crippen molar-refractivity contribution in [1.82, 2.24) is 14.8 Å². The Morgan fingerprint density at radius 3 is 2.70 bits per heavy atom. The number of aryl methyl sites for hydroxylation is 1. The normalized spacial score (nSPS) is 10.7. The van der Waals surface area contributed by atoms with Gasteiger partial charge in [-0.15, -0.1) is 0 Å². The van der Waals surface area contributed by atoms with Crippen LogP contribution in [0.2, 0.25) is 0 Å². The molecule has 0 atom stereocenters. The third kappa shape index (κ3) is 4.31. The number of hydrogen-bond donors (Lipinski definition) is 0. The van der Waals surface area contributed by atoms with Crippen molar-refractivity contribution in [2.45, 2.75) is 26.8 Å². The van der Waals surface area contributed by atoms with E-state index >= 15 is 0 Å². The van der Waals surface area contributed by atoms with Crippen LogP contribution in [0.3, 0.4) is 0 Å². The number of rotatable bonds is 4. The van der Waals surface area contributed by atoms with E-state index in [0.29, 0.717) is 18.2 Å². The highest BCUT2D eigenvalue weighted by molar-refractivity contribution is 14.1. The van der Waals surface area contributed by atoms with Crippen molar-refractivity contribution in [1.29, 1.82) is 0 Å². The van der Waals surface area contributed by atoms with Gasteiger partial charge in [0.05, 0.1) is 26.9 Å². The molecule has 4 aromatic rings. The summed E-state index contributed by atoms with van der Waals surface area (Å²) in [6, 6.07) is 14.3. The van der Waals surface area contributed by atoms with E-state index in [2.05, 4.69) is 39.4 Å². The Morgan fingerprint density at radius 2 is 1.97 bits per heavy atom. The Hall–Kier alpha value is -2.92. The molecule has 0 unspecified atom stereocenters. The van der Waals surface area contributed by atoms with Crippen LogP contribution in [0.5, 0.6) is 11.6 Å². The van der Waals surface area contributed by atoms with Crippen LogP contribution < -0.4 is 4.74 Å². The van der Waals surface area contributed by atoms with Crippen LogP contribution in [0.4, 0.5) is 4.39 Å². The molecule has 2 aromatic heterocycles. The minimum absolute atomic E-state index is 0.250. The van der Waals surface area contributed by atoms with Gasteiger partial charge in [-0.3, -0.25) is 4.68 Å². The van der Waals surface area contributed by atoms with Gasteiger partial charge >= 0.3 is 0 Å². The number of fused-ring (bicyclic) bond motifs is 1. The van der Waals surface area contributed by atoms with Gasteiger partial charge in [-0.25, -0.2) is 9.37 Å². The molecular weight excluding hydrogens is 492 g/mol. The summed E-state index contributed by atoms with van der Waals surface area (Å²) in [5.41, 5.74) is 3.61. The first-order chi connectivity index (χ1) is 14.5. The molecule has 2 aromatic carbocycles. The van der Waals surface area contributed by atoms with Gasteiger partial charge in [0.25, 0.3) is 0 Å². The van der Waals surface area contributed by atoms with Crippen molar-refractivity contribution in [3.8, 4) is 23.5 Å². The molecule has 4 rings (SSSR count). The summed E-state index contributed by atoms with van der Waals surface area (Å²) in [6.45, 7) is 4.52. The zero-order valence-electron chi connectivity index (χ0n) is 16.6. The van der Waals surface area contributed by atoms with Crippen LogP contribution in [0, 0.1) is 28.2 Å². The summed E-state index contributed by atoms with van der Waals surface area (Å²) < 4.78 is 22.3. The molecule has 4 nitrogen and oxygen atoms in total. The molecule has 0 N–H and O–H groups in total. The first-order valence-corrected chi connectivity index (χ1v) is 10.7. The van der Waals surface area contributed by atoms with E-state index in [1.165, 1.54) is 12.1 Å². The van der Waals surface area contributed by atoms with E-state index in [-0.39, 0.29) is 5.82 Å². The van der Waals surface area contributed by atoms with E-state index in [9.17, 15) is 4.39 Å². The second-order valence-electron chi connectivity index (χ2n) is 6.78. The van der Waals surface area contributed by atoms with E-state index < -0.39 is 0 Å². The maximum absolute atomic E-state index is 13.3. The zero-order chi connectivity index (χ0) is 21.1. The first-order valence-electron chi connectivity index (χ1n) is 9.58. The van der Waals surface area contributed by atoms with Crippen LogP contribution in [0.25, 0.3) is 10.9 Å². The van der Waals surface area contributed by atoms with Crippen LogP contribution >= 0.6 is 22.6 Å². The summed E-state index contributed by atoms with van der Waals surface area (Å²) in [5.74, 6) is 7.26. The fraction of sp³-hybridized carbons (Fsp3) is 0.167. The van der Waals surface area contributed by atoms with Crippen molar-refractivity contribution in [3.63, 3.8) is 0 Å². The summed E-state index contributed by atoms with van der Waals surface area (Å²) in [4.78, 5) is 4.34. The van der Waals surface area contributed by atoms with E-state index in [1.54, 1.807) is 18.3 Å². The van der Waals surface area contributed by atoms with Gasteiger partial charge in [-0.2, -0.15) is 5.10 Å². The smallest absolute Gasteiger partial charge is 0.232 e. The van der Waals surface area contributed by atoms with Gasteiger partial charge < -0.3 is 4.74 Å². The Bertz CT molecular complexity index is 1270. The lowest BCUT2D eigenvalue weighted by Gasteiger charge is -2.10. The third-order valence-corrected chi connectivity index (χ3v) is 5.43. The van der Waals surface area contributed by atoms with Crippen molar-refractivity contribution in [2.24, 2.45) is 0 Å². The van der Waals surface area contributed by atoms with Crippen molar-refractivity contribution >= 4 is 33.5 Å². The maximum atomic E-state index is 13.3. The van der Waals surface area contributed by atoms with Crippen LogP contribution in [-0.2, 0) is 6.54 Å². The Morgan fingerprint density at radius 1 is 1.17 bits per heavy atom. The standard InChI is InChI=1S/C24H19FIN3O/c1-3-4-6-18-13-20-16(2)28-29(15-17-8-10-19(25)11-9-17)22(20)14-23(18)30-24-21(26)7-5-12-27-24/h5,7-14H,3,15H2,1-2H3. The number of nitrogens with zero attached hydrogens (tertiary/aromatic N) is 3. The monoisotopic (exact) mass is 511 g/mol. The maximum Gasteiger partial charge on any atom is 0.232 e. The fourth-order valence-electron chi connectivity index (χ4n) is 3.16. The van der Waals surface area contributed by atoms with Gasteiger partial charge in [0.2, 0.25) is 5.88 Å². The third-order valence-electron chi connectivity index (χ3n) is 4.61. The van der Waals surface area contributed by atoms with Crippen molar-refractivity contribution in [2.75, 3.05) is 0 Å². The molecule has 0 amide bonds. The number of hydrogen-bond acceptors (Lipinski definition) is 3. The average Bonchev–Trinajstić information content (AvgIpc) is 3.04. The predicted octanol–water partition coefficient (Wildman–Crippen LogP) is 6.09. The molecule has 0 fully saturated rings. The lowest BCUT2D eigenvalue weighted by atomic mass is 10.1. The van der Waals surface area contributed by atoms with Crippen molar-refractivity contribution < 1.29 is 9.13 Å². The highest BCUT2D eigenvalue weighted by Gasteiger charge is 2.15. The second-order valence-corrected chi connectivity index (χ2v) is 7.95. The molecule has 0 spiro atoms. The lowest BCUT2D eigenvalue weighted by molar-refractivity contribution is 0.458. The topological polar surface area (TPSA) is 39.9 Å². The molecule has 2 heterocycles. The highest BCUT2D eigenvalue weighted by Crippen LogP contribution is 2.32. The van der Waals surface area contributed by atoms with E-state index in [0.717, 1.165) is 37.7 Å². The Kier molecular flexibility index (Phi) is 6.00. The minimum atomic E-state index is -0.250. The van der Waals surface area contributed by atoms with Gasteiger partial charge in [0.1, 0.15) is 11.6 Å². The molecule has 30 heavy (non-hydrogen) atoms. The summed E-state index contributed by atoms with van der Waals surface area (Å²) in [5, 5.41) is 5.71. The predicted molar refractivity (Wildman–Crippen MR) is 124 cm³/mol. The number of ether oxygens (including phenoxy) is 1. The molecule has 0 aliphatic heterocycles. The number of aromatic nitrogens is 3. The highest BCUT2D eigenvalue weighted by atomic mass is 127. The quantitative estimate of drug-likeness (QED) is 0.246. The lowest BCUT2D eigenvalue weighted by Crippen LogP contribution is -2.02. The first kappa shape index (κ1) is 20.4. The molecule has 0 bridgehead atoms. The average molecular weight is 511 g/mol. The molecule has 0 saturated carbocycles. The van der Waals surface area contributed by atoms with E-state index in [4.69, 9.17) is 9.84 Å². The molecule has 6 heteroatoms. The Balaban J connectivity index is 1.82. The van der Waals surface area contributed by atoms with Crippen LogP contribution in [0.1, 0.15) is 30.2 Å². The minimum Gasteiger partial charge on any atom is -0.437 e. The number of pyridine rings is 1. The molecule has 0 saturated heterocycles. The number of benzene rings is 2. The molecule has 0 aliphatic carbocycles. The summed E-state index contributed by atoms with van der Waals surface area (Å²) in [7, 11) is 0. The SMILES string of the molecule is CCC#Cc1cc2c(C)nn(Cc3ccc(F)cc3)c2cc1Oc1ncccc1I. The second kappa shape index (κ2) is 8.84. The van der Waals surface area contributed by atoms with E-state index in [1.807, 2.05) is 42.8 Å². The molecule has 0 radical (unpaired) electrons. The summed E-state index contributed by atoms with van der Waals surface area (Å²) in [6.07, 6.45) is 2.46. The largest absolute Gasteiger partial charge is 0.437 e. The van der Waals surface area contributed by atoms with Crippen LogP contribution in [-0.4, -0.2) is 14.8 Å². The van der Waals surface area contributed by atoms with Gasteiger partial charge in [0.15, 0.2) is 0 Å². The number of halogens is 2. The Labute approximate surface area is 188 Å². The molecular formula is C24H19FIN3O. The fourth-order valence-corrected chi connectivity index (χ4v) is 3.62. The van der Waals surface area contributed by atoms with Crippen molar-refractivity contribution in [3.05, 3.63) is 80.9 Å². The van der Waals surface area contributed by atoms with Gasteiger partial charge in [0, 0.05) is 24.1 Å².